The Morgan fingerprint density at radius 2 is 2.00 bits per heavy atom. The summed E-state index contributed by atoms with van der Waals surface area (Å²) in [6.07, 6.45) is 2.63. The van der Waals surface area contributed by atoms with E-state index in [4.69, 9.17) is 4.74 Å². The molecule has 0 bridgehead atoms. The van der Waals surface area contributed by atoms with Gasteiger partial charge < -0.3 is 20.3 Å². The number of carbonyl (C=O) groups is 3. The highest BCUT2D eigenvalue weighted by Gasteiger charge is 2.32. The van der Waals surface area contributed by atoms with Crippen LogP contribution in [0.1, 0.15) is 12.8 Å². The van der Waals surface area contributed by atoms with Crippen molar-refractivity contribution in [2.24, 2.45) is 0 Å². The number of nitrogens with zero attached hydrogens (tertiary/aromatic N) is 2. The van der Waals surface area contributed by atoms with Crippen LogP contribution in [-0.4, -0.2) is 51.2 Å². The summed E-state index contributed by atoms with van der Waals surface area (Å²) in [6, 6.07) is 5.54. The Balaban J connectivity index is 1.80. The SMILES string of the molecule is O=CNCC1CN(c2ccc(N3CCCC3)c(NC=O)c2)C(=O)O1. The van der Waals surface area contributed by atoms with Gasteiger partial charge in [0, 0.05) is 18.8 Å². The largest absolute Gasteiger partial charge is 0.442 e. The van der Waals surface area contributed by atoms with Crippen LogP contribution in [-0.2, 0) is 14.3 Å². The number of nitrogens with one attached hydrogen (secondary N) is 2. The molecule has 2 aliphatic heterocycles. The zero-order valence-corrected chi connectivity index (χ0v) is 13.2. The topological polar surface area (TPSA) is 91.0 Å². The zero-order valence-electron chi connectivity index (χ0n) is 13.2. The third kappa shape index (κ3) is 3.27. The molecular weight excluding hydrogens is 312 g/mol. The Labute approximate surface area is 139 Å². The molecule has 1 aromatic carbocycles. The molecule has 24 heavy (non-hydrogen) atoms. The van der Waals surface area contributed by atoms with E-state index in [1.807, 2.05) is 12.1 Å². The molecule has 0 saturated carbocycles. The molecule has 8 nitrogen and oxygen atoms in total. The van der Waals surface area contributed by atoms with Gasteiger partial charge in [-0.1, -0.05) is 0 Å². The Morgan fingerprint density at radius 1 is 1.21 bits per heavy atom. The van der Waals surface area contributed by atoms with Crippen LogP contribution in [0.3, 0.4) is 0 Å². The van der Waals surface area contributed by atoms with E-state index in [1.165, 1.54) is 4.90 Å². The van der Waals surface area contributed by atoms with E-state index in [0.29, 0.717) is 30.7 Å². The summed E-state index contributed by atoms with van der Waals surface area (Å²) in [5, 5.41) is 5.23. The predicted octanol–water partition coefficient (Wildman–Crippen LogP) is 0.926. The second kappa shape index (κ2) is 7.20. The molecule has 2 aliphatic rings. The van der Waals surface area contributed by atoms with Gasteiger partial charge in [0.05, 0.1) is 24.5 Å². The van der Waals surface area contributed by atoms with E-state index in [9.17, 15) is 14.4 Å². The first-order chi connectivity index (χ1) is 11.7. The van der Waals surface area contributed by atoms with Crippen LogP contribution >= 0.6 is 0 Å². The van der Waals surface area contributed by atoms with Crippen LogP contribution in [0.2, 0.25) is 0 Å². The van der Waals surface area contributed by atoms with Crippen molar-refractivity contribution in [2.75, 3.05) is 41.3 Å². The van der Waals surface area contributed by atoms with Crippen molar-refractivity contribution < 1.29 is 19.1 Å². The number of carbonyl (C=O) groups excluding carboxylic acids is 3. The van der Waals surface area contributed by atoms with Crippen molar-refractivity contribution >= 4 is 36.0 Å². The number of cyclic esters (lactones) is 1. The molecule has 3 rings (SSSR count). The molecular formula is C16H20N4O4. The summed E-state index contributed by atoms with van der Waals surface area (Å²) in [5.74, 6) is 0. The van der Waals surface area contributed by atoms with Gasteiger partial charge in [-0.3, -0.25) is 14.5 Å². The van der Waals surface area contributed by atoms with Gasteiger partial charge >= 0.3 is 6.09 Å². The minimum atomic E-state index is -0.460. The number of hydrogen-bond donors (Lipinski definition) is 2. The van der Waals surface area contributed by atoms with Crippen LogP contribution in [0.5, 0.6) is 0 Å². The standard InChI is InChI=1S/C16H20N4O4/c21-10-17-8-13-9-20(16(23)24-13)12-3-4-15(14(7-12)18-11-22)19-5-1-2-6-19/h3-4,7,10-11,13H,1-2,5-6,8-9H2,(H,17,21)(H,18,22). The summed E-state index contributed by atoms with van der Waals surface area (Å²) in [4.78, 5) is 37.1. The highest BCUT2D eigenvalue weighted by molar-refractivity contribution is 5.93. The Morgan fingerprint density at radius 3 is 2.71 bits per heavy atom. The number of rotatable bonds is 7. The second-order valence-corrected chi connectivity index (χ2v) is 5.80. The normalized spacial score (nSPS) is 20.0. The van der Waals surface area contributed by atoms with Crippen molar-refractivity contribution in [1.29, 1.82) is 0 Å². The van der Waals surface area contributed by atoms with Crippen molar-refractivity contribution in [3.8, 4) is 0 Å². The smallest absolute Gasteiger partial charge is 0.414 e. The number of hydrogen-bond acceptors (Lipinski definition) is 5. The Bertz CT molecular complexity index is 631. The third-order valence-electron chi connectivity index (χ3n) is 4.26. The fourth-order valence-electron chi connectivity index (χ4n) is 3.12. The predicted molar refractivity (Wildman–Crippen MR) is 89.3 cm³/mol. The molecule has 2 saturated heterocycles. The zero-order chi connectivity index (χ0) is 16.9. The summed E-state index contributed by atoms with van der Waals surface area (Å²) in [7, 11) is 0. The molecule has 1 atom stereocenters. The molecule has 2 fully saturated rings. The van der Waals surface area contributed by atoms with Crippen molar-refractivity contribution in [1.82, 2.24) is 5.32 Å². The van der Waals surface area contributed by atoms with Gasteiger partial charge in [0.15, 0.2) is 0 Å². The monoisotopic (exact) mass is 332 g/mol. The molecule has 1 aromatic rings. The minimum Gasteiger partial charge on any atom is -0.442 e. The maximum atomic E-state index is 12.0. The van der Waals surface area contributed by atoms with E-state index >= 15 is 0 Å². The van der Waals surface area contributed by atoms with Crippen LogP contribution in [0.4, 0.5) is 21.9 Å². The Kier molecular flexibility index (Phi) is 4.83. The van der Waals surface area contributed by atoms with Gasteiger partial charge in [-0.2, -0.15) is 0 Å². The lowest BCUT2D eigenvalue weighted by atomic mass is 10.2. The van der Waals surface area contributed by atoms with Crippen LogP contribution in [0.15, 0.2) is 18.2 Å². The van der Waals surface area contributed by atoms with E-state index in [-0.39, 0.29) is 12.6 Å². The Hall–Kier alpha value is -2.77. The first kappa shape index (κ1) is 16.1. The maximum absolute atomic E-state index is 12.0. The first-order valence-corrected chi connectivity index (χ1v) is 7.97. The van der Waals surface area contributed by atoms with Crippen molar-refractivity contribution in [3.63, 3.8) is 0 Å². The summed E-state index contributed by atoms with van der Waals surface area (Å²) >= 11 is 0. The van der Waals surface area contributed by atoms with E-state index in [2.05, 4.69) is 15.5 Å². The molecule has 0 spiro atoms. The third-order valence-corrected chi connectivity index (χ3v) is 4.26. The molecule has 0 aliphatic carbocycles. The van der Waals surface area contributed by atoms with Gasteiger partial charge in [0.25, 0.3) is 0 Å². The molecule has 128 valence electrons. The summed E-state index contributed by atoms with van der Waals surface area (Å²) in [5.41, 5.74) is 2.28. The van der Waals surface area contributed by atoms with E-state index in [1.54, 1.807) is 6.07 Å². The fourth-order valence-corrected chi connectivity index (χ4v) is 3.12. The lowest BCUT2D eigenvalue weighted by Crippen LogP contribution is -2.30. The maximum Gasteiger partial charge on any atom is 0.414 e. The average Bonchev–Trinajstić information content (AvgIpc) is 3.23. The second-order valence-electron chi connectivity index (χ2n) is 5.80. The quantitative estimate of drug-likeness (QED) is 0.725. The van der Waals surface area contributed by atoms with Crippen LogP contribution < -0.4 is 20.4 Å². The first-order valence-electron chi connectivity index (χ1n) is 7.97. The minimum absolute atomic E-state index is 0.275. The molecule has 1 unspecified atom stereocenters. The van der Waals surface area contributed by atoms with Crippen LogP contribution in [0, 0.1) is 0 Å². The van der Waals surface area contributed by atoms with E-state index in [0.717, 1.165) is 31.6 Å². The van der Waals surface area contributed by atoms with Gasteiger partial charge in [0.2, 0.25) is 12.8 Å². The highest BCUT2D eigenvalue weighted by atomic mass is 16.6. The number of ether oxygens (including phenoxy) is 1. The highest BCUT2D eigenvalue weighted by Crippen LogP contribution is 2.33. The molecule has 3 amide bonds. The van der Waals surface area contributed by atoms with Gasteiger partial charge in [-0.05, 0) is 31.0 Å². The molecule has 0 radical (unpaired) electrons. The van der Waals surface area contributed by atoms with Gasteiger partial charge in [0.1, 0.15) is 6.10 Å². The molecule has 8 heteroatoms. The lowest BCUT2D eigenvalue weighted by molar-refractivity contribution is -0.110. The van der Waals surface area contributed by atoms with Crippen molar-refractivity contribution in [3.05, 3.63) is 18.2 Å². The average molecular weight is 332 g/mol. The fraction of sp³-hybridized carbons (Fsp3) is 0.438. The molecule has 2 N–H and O–H groups in total. The van der Waals surface area contributed by atoms with E-state index < -0.39 is 6.09 Å². The van der Waals surface area contributed by atoms with Crippen LogP contribution in [0.25, 0.3) is 0 Å². The van der Waals surface area contributed by atoms with Crippen molar-refractivity contribution in [2.45, 2.75) is 18.9 Å². The summed E-state index contributed by atoms with van der Waals surface area (Å²) < 4.78 is 5.23. The number of anilines is 3. The number of amides is 3. The lowest BCUT2D eigenvalue weighted by Gasteiger charge is -2.23. The molecule has 2 heterocycles. The summed E-state index contributed by atoms with van der Waals surface area (Å²) in [6.45, 7) is 2.54. The number of benzene rings is 1. The van der Waals surface area contributed by atoms with Gasteiger partial charge in [-0.15, -0.1) is 0 Å². The molecule has 0 aromatic heterocycles. The van der Waals surface area contributed by atoms with Gasteiger partial charge in [-0.25, -0.2) is 4.79 Å².